The highest BCUT2D eigenvalue weighted by molar-refractivity contribution is 9.10. The van der Waals surface area contributed by atoms with Crippen LogP contribution in [0.15, 0.2) is 46.9 Å². The summed E-state index contributed by atoms with van der Waals surface area (Å²) in [4.78, 5) is 8.57. The highest BCUT2D eigenvalue weighted by Gasteiger charge is 2.06. The van der Waals surface area contributed by atoms with Crippen LogP contribution in [0.1, 0.15) is 11.5 Å². The number of hydrogen-bond donors (Lipinski definition) is 2. The number of nitrogens with zero attached hydrogens (tertiary/aromatic N) is 4. The van der Waals surface area contributed by atoms with Crippen LogP contribution in [0.25, 0.3) is 11.4 Å². The Kier molecular flexibility index (Phi) is 4.12. The van der Waals surface area contributed by atoms with Gasteiger partial charge in [0.25, 0.3) is 0 Å². The van der Waals surface area contributed by atoms with Crippen molar-refractivity contribution in [3.8, 4) is 17.5 Å². The number of rotatable bonds is 4. The molecule has 2 aromatic heterocycles. The first-order valence-electron chi connectivity index (χ1n) is 6.53. The molecule has 108 valence electrons. The molecular formula is C15H11BrN6. The maximum Gasteiger partial charge on any atom is 0.181 e. The van der Waals surface area contributed by atoms with Crippen LogP contribution in [-0.4, -0.2) is 20.2 Å². The molecule has 0 saturated heterocycles. The van der Waals surface area contributed by atoms with E-state index < -0.39 is 0 Å². The lowest BCUT2D eigenvalue weighted by molar-refractivity contribution is 0.947. The number of halogens is 1. The van der Waals surface area contributed by atoms with Crippen molar-refractivity contribution in [2.45, 2.75) is 6.54 Å². The fraction of sp³-hybridized carbons (Fsp3) is 0.0667. The van der Waals surface area contributed by atoms with Gasteiger partial charge < -0.3 is 5.32 Å². The van der Waals surface area contributed by atoms with E-state index in [4.69, 9.17) is 5.26 Å². The summed E-state index contributed by atoms with van der Waals surface area (Å²) in [6.07, 6.45) is 0. The molecule has 22 heavy (non-hydrogen) atoms. The Morgan fingerprint density at radius 2 is 1.95 bits per heavy atom. The Bertz CT molecular complexity index is 819. The second-order valence-electron chi connectivity index (χ2n) is 4.49. The molecule has 0 atom stereocenters. The van der Waals surface area contributed by atoms with Gasteiger partial charge in [-0.1, -0.05) is 34.1 Å². The van der Waals surface area contributed by atoms with Crippen molar-refractivity contribution in [2.24, 2.45) is 0 Å². The minimum Gasteiger partial charge on any atom is -0.363 e. The second kappa shape index (κ2) is 6.37. The summed E-state index contributed by atoms with van der Waals surface area (Å²) < 4.78 is 1.01. The first-order chi connectivity index (χ1) is 10.7. The fourth-order valence-electron chi connectivity index (χ4n) is 1.87. The van der Waals surface area contributed by atoms with Crippen LogP contribution in [0.2, 0.25) is 0 Å². The molecular weight excluding hydrogens is 344 g/mol. The van der Waals surface area contributed by atoms with Gasteiger partial charge in [-0.25, -0.2) is 9.97 Å². The van der Waals surface area contributed by atoms with Crippen molar-refractivity contribution in [2.75, 3.05) is 5.32 Å². The van der Waals surface area contributed by atoms with E-state index in [1.165, 1.54) is 0 Å². The van der Waals surface area contributed by atoms with Gasteiger partial charge in [-0.05, 0) is 24.3 Å². The van der Waals surface area contributed by atoms with E-state index in [9.17, 15) is 0 Å². The number of pyridine rings is 1. The van der Waals surface area contributed by atoms with Crippen molar-refractivity contribution < 1.29 is 0 Å². The van der Waals surface area contributed by atoms with Gasteiger partial charge in [0.05, 0.1) is 6.54 Å². The van der Waals surface area contributed by atoms with Crippen molar-refractivity contribution >= 4 is 21.7 Å². The summed E-state index contributed by atoms with van der Waals surface area (Å²) in [5.41, 5.74) is 1.31. The molecule has 0 fully saturated rings. The zero-order chi connectivity index (χ0) is 15.4. The van der Waals surface area contributed by atoms with Gasteiger partial charge in [0.2, 0.25) is 0 Å². The Balaban J connectivity index is 1.69. The van der Waals surface area contributed by atoms with Crippen LogP contribution in [-0.2, 0) is 6.54 Å². The first-order valence-corrected chi connectivity index (χ1v) is 7.32. The fourth-order valence-corrected chi connectivity index (χ4v) is 2.14. The Morgan fingerprint density at radius 1 is 1.14 bits per heavy atom. The topological polar surface area (TPSA) is 90.3 Å². The van der Waals surface area contributed by atoms with E-state index in [0.29, 0.717) is 29.7 Å². The number of H-pyrrole nitrogens is 1. The summed E-state index contributed by atoms with van der Waals surface area (Å²) in [5.74, 6) is 1.96. The third kappa shape index (κ3) is 3.30. The van der Waals surface area contributed by atoms with Gasteiger partial charge in [-0.15, -0.1) is 0 Å². The monoisotopic (exact) mass is 354 g/mol. The second-order valence-corrected chi connectivity index (χ2v) is 5.40. The molecule has 0 bridgehead atoms. The lowest BCUT2D eigenvalue weighted by atomic mass is 10.2. The van der Waals surface area contributed by atoms with E-state index >= 15 is 0 Å². The Labute approximate surface area is 135 Å². The summed E-state index contributed by atoms with van der Waals surface area (Å²) >= 11 is 3.40. The van der Waals surface area contributed by atoms with Crippen molar-refractivity contribution in [1.82, 2.24) is 20.2 Å². The minimum atomic E-state index is 0.373. The van der Waals surface area contributed by atoms with E-state index in [-0.39, 0.29) is 0 Å². The van der Waals surface area contributed by atoms with Crippen molar-refractivity contribution in [3.63, 3.8) is 0 Å². The normalized spacial score (nSPS) is 10.2. The Hall–Kier alpha value is -2.72. The van der Waals surface area contributed by atoms with Gasteiger partial charge in [-0.2, -0.15) is 10.4 Å². The third-order valence-electron chi connectivity index (χ3n) is 2.93. The molecule has 7 heteroatoms. The maximum absolute atomic E-state index is 8.82. The molecule has 0 aliphatic rings. The predicted molar refractivity (Wildman–Crippen MR) is 85.8 cm³/mol. The van der Waals surface area contributed by atoms with Gasteiger partial charge in [0, 0.05) is 10.0 Å². The summed E-state index contributed by atoms with van der Waals surface area (Å²) in [5, 5.41) is 19.0. The molecule has 0 amide bonds. The number of nitriles is 1. The largest absolute Gasteiger partial charge is 0.363 e. The molecule has 0 spiro atoms. The number of hydrogen-bond acceptors (Lipinski definition) is 5. The quantitative estimate of drug-likeness (QED) is 0.751. The number of benzene rings is 1. The van der Waals surface area contributed by atoms with Crippen molar-refractivity contribution in [1.29, 1.82) is 5.26 Å². The van der Waals surface area contributed by atoms with E-state index in [0.717, 1.165) is 10.0 Å². The molecule has 0 saturated carbocycles. The van der Waals surface area contributed by atoms with Crippen LogP contribution in [0.3, 0.4) is 0 Å². The van der Waals surface area contributed by atoms with Crippen molar-refractivity contribution in [3.05, 3.63) is 58.5 Å². The van der Waals surface area contributed by atoms with Crippen LogP contribution in [0.4, 0.5) is 5.82 Å². The number of aromatic amines is 1. The van der Waals surface area contributed by atoms with Gasteiger partial charge in [-0.3, -0.25) is 5.10 Å². The van der Waals surface area contributed by atoms with E-state index in [1.807, 2.05) is 30.3 Å². The first kappa shape index (κ1) is 14.2. The standard InChI is InChI=1S/C15H11BrN6/c16-11-6-4-10(5-7-11)15-20-14(21-22-15)9-18-13-3-1-2-12(8-17)19-13/h1-7H,9H2,(H,18,19)(H,20,21,22). The molecule has 2 heterocycles. The molecule has 0 unspecified atom stereocenters. The maximum atomic E-state index is 8.82. The molecule has 3 rings (SSSR count). The Morgan fingerprint density at radius 3 is 2.73 bits per heavy atom. The highest BCUT2D eigenvalue weighted by atomic mass is 79.9. The van der Waals surface area contributed by atoms with Crippen LogP contribution < -0.4 is 5.32 Å². The number of aromatic nitrogens is 4. The average molecular weight is 355 g/mol. The number of anilines is 1. The molecule has 0 aliphatic carbocycles. The lowest BCUT2D eigenvalue weighted by Gasteiger charge is -2.02. The smallest absolute Gasteiger partial charge is 0.181 e. The van der Waals surface area contributed by atoms with Crippen LogP contribution >= 0.6 is 15.9 Å². The highest BCUT2D eigenvalue weighted by Crippen LogP contribution is 2.18. The summed E-state index contributed by atoms with van der Waals surface area (Å²) in [7, 11) is 0. The third-order valence-corrected chi connectivity index (χ3v) is 3.46. The minimum absolute atomic E-state index is 0.373. The molecule has 6 nitrogen and oxygen atoms in total. The van der Waals surface area contributed by atoms with E-state index in [2.05, 4.69) is 41.4 Å². The van der Waals surface area contributed by atoms with Gasteiger partial charge >= 0.3 is 0 Å². The van der Waals surface area contributed by atoms with E-state index in [1.54, 1.807) is 18.2 Å². The average Bonchev–Trinajstić information content (AvgIpc) is 3.03. The van der Waals surface area contributed by atoms with Gasteiger partial charge in [0.15, 0.2) is 5.82 Å². The molecule has 0 aliphatic heterocycles. The zero-order valence-corrected chi connectivity index (χ0v) is 13.0. The molecule has 2 N–H and O–H groups in total. The van der Waals surface area contributed by atoms with Crippen LogP contribution in [0, 0.1) is 11.3 Å². The number of nitrogens with one attached hydrogen (secondary N) is 2. The predicted octanol–water partition coefficient (Wildman–Crippen LogP) is 3.11. The lowest BCUT2D eigenvalue weighted by Crippen LogP contribution is -2.03. The summed E-state index contributed by atoms with van der Waals surface area (Å²) in [6, 6.07) is 15.0. The SMILES string of the molecule is N#Cc1cccc(NCc2nc(-c3ccc(Br)cc3)n[nH]2)n1. The zero-order valence-electron chi connectivity index (χ0n) is 11.4. The molecule has 1 aromatic carbocycles. The van der Waals surface area contributed by atoms with Crippen LogP contribution in [0.5, 0.6) is 0 Å². The molecule has 3 aromatic rings. The summed E-state index contributed by atoms with van der Waals surface area (Å²) in [6.45, 7) is 0.450. The molecule has 0 radical (unpaired) electrons. The van der Waals surface area contributed by atoms with Gasteiger partial charge in [0.1, 0.15) is 23.4 Å².